The van der Waals surface area contributed by atoms with Crippen molar-refractivity contribution in [2.75, 3.05) is 11.9 Å². The van der Waals surface area contributed by atoms with Crippen molar-refractivity contribution >= 4 is 51.6 Å². The van der Waals surface area contributed by atoms with Crippen LogP contribution in [0.5, 0.6) is 5.75 Å². The average Bonchev–Trinajstić information content (AvgIpc) is 2.60. The van der Waals surface area contributed by atoms with E-state index >= 15 is 0 Å². The van der Waals surface area contributed by atoms with E-state index in [4.69, 9.17) is 33.0 Å². The maximum atomic E-state index is 12.2. The monoisotopic (exact) mass is 394 g/mol. The number of pyridine rings is 1. The number of aliphatic carboxylic acids is 1. The van der Waals surface area contributed by atoms with E-state index in [0.717, 1.165) is 0 Å². The molecule has 2 aromatic heterocycles. The lowest BCUT2D eigenvalue weighted by Gasteiger charge is -2.12. The predicted octanol–water partition coefficient (Wildman–Crippen LogP) is 2.84. The van der Waals surface area contributed by atoms with Crippen LogP contribution in [0.2, 0.25) is 10.3 Å². The van der Waals surface area contributed by atoms with Crippen molar-refractivity contribution in [3.8, 4) is 5.75 Å². The number of carbonyl (C=O) groups is 1. The van der Waals surface area contributed by atoms with Crippen LogP contribution < -0.4 is 15.6 Å². The Balaban J connectivity index is 2.01. The smallest absolute Gasteiger partial charge is 0.341 e. The van der Waals surface area contributed by atoms with Gasteiger partial charge in [-0.1, -0.05) is 11.6 Å². The fourth-order valence-electron chi connectivity index (χ4n) is 2.34. The summed E-state index contributed by atoms with van der Waals surface area (Å²) >= 11 is 11.8. The number of hydrogen-bond donors (Lipinski definition) is 2. The molecule has 0 aliphatic carbocycles. The number of nitrogens with one attached hydrogen (secondary N) is 1. The second-order valence-corrected chi connectivity index (χ2v) is 6.03. The number of benzene rings is 1. The molecule has 3 rings (SSSR count). The van der Waals surface area contributed by atoms with Crippen molar-refractivity contribution in [2.24, 2.45) is 7.05 Å². The summed E-state index contributed by atoms with van der Waals surface area (Å²) in [5, 5.41) is 12.7. The number of hydrogen-bond acceptors (Lipinski definition) is 6. The van der Waals surface area contributed by atoms with Crippen molar-refractivity contribution < 1.29 is 14.6 Å². The summed E-state index contributed by atoms with van der Waals surface area (Å²) in [5.74, 6) is -0.890. The molecule has 8 nitrogen and oxygen atoms in total. The summed E-state index contributed by atoms with van der Waals surface area (Å²) in [7, 11) is 1.58. The maximum absolute atomic E-state index is 12.2. The lowest BCUT2D eigenvalue weighted by molar-refractivity contribution is -0.139. The molecule has 0 atom stereocenters. The summed E-state index contributed by atoms with van der Waals surface area (Å²) in [4.78, 5) is 30.7. The van der Waals surface area contributed by atoms with Crippen molar-refractivity contribution in [3.05, 3.63) is 51.1 Å². The van der Waals surface area contributed by atoms with Gasteiger partial charge >= 0.3 is 5.97 Å². The first-order valence-electron chi connectivity index (χ1n) is 7.28. The van der Waals surface area contributed by atoms with Crippen LogP contribution in [0.3, 0.4) is 0 Å². The number of anilines is 2. The molecule has 0 spiro atoms. The summed E-state index contributed by atoms with van der Waals surface area (Å²) in [6.07, 6.45) is 1.38. The fourth-order valence-corrected chi connectivity index (χ4v) is 2.62. The van der Waals surface area contributed by atoms with Crippen LogP contribution in [0.4, 0.5) is 11.5 Å². The first kappa shape index (κ1) is 18.0. The molecule has 0 amide bonds. The van der Waals surface area contributed by atoms with Gasteiger partial charge in [0.25, 0.3) is 5.56 Å². The van der Waals surface area contributed by atoms with Crippen LogP contribution >= 0.6 is 23.2 Å². The van der Waals surface area contributed by atoms with E-state index in [1.54, 1.807) is 25.2 Å². The molecule has 1 aromatic carbocycles. The van der Waals surface area contributed by atoms with E-state index in [-0.39, 0.29) is 11.0 Å². The molecule has 3 aromatic rings. The van der Waals surface area contributed by atoms with Gasteiger partial charge in [0.15, 0.2) is 18.2 Å². The molecular weight excluding hydrogens is 383 g/mol. The third-order valence-corrected chi connectivity index (χ3v) is 3.98. The van der Waals surface area contributed by atoms with Crippen LogP contribution in [-0.4, -0.2) is 32.2 Å². The Kier molecular flexibility index (Phi) is 4.97. The summed E-state index contributed by atoms with van der Waals surface area (Å²) in [6, 6.07) is 6.71. The number of carboxylic acid groups (broad SMARTS) is 1. The van der Waals surface area contributed by atoms with Crippen molar-refractivity contribution in [2.45, 2.75) is 0 Å². The highest BCUT2D eigenvalue weighted by molar-refractivity contribution is 6.33. The molecule has 0 radical (unpaired) electrons. The van der Waals surface area contributed by atoms with Gasteiger partial charge in [-0.15, -0.1) is 0 Å². The van der Waals surface area contributed by atoms with Gasteiger partial charge in [0.05, 0.1) is 11.7 Å². The number of aryl methyl sites for hydroxylation is 1. The molecular formula is C16H12Cl2N4O4. The minimum absolute atomic E-state index is 0.0458. The molecule has 0 aliphatic rings. The second-order valence-electron chi connectivity index (χ2n) is 5.29. The van der Waals surface area contributed by atoms with Crippen LogP contribution in [0.1, 0.15) is 0 Å². The summed E-state index contributed by atoms with van der Waals surface area (Å²) in [5.41, 5.74) is 0.858. The minimum Gasteiger partial charge on any atom is -0.479 e. The van der Waals surface area contributed by atoms with E-state index in [1.807, 2.05) is 0 Å². The number of rotatable bonds is 5. The van der Waals surface area contributed by atoms with E-state index in [0.29, 0.717) is 27.4 Å². The standard InChI is InChI=1S/C16H12Cl2N4O4/c1-22-11-3-2-9(20-14-10(17)6-19-16(18)21-14)4-8(11)5-12(15(22)25)26-7-13(23)24/h2-6H,7H2,1H3,(H,23,24)(H,19,20,21). The maximum Gasteiger partial charge on any atom is 0.341 e. The number of halogens is 2. The molecule has 0 saturated heterocycles. The van der Waals surface area contributed by atoms with Crippen LogP contribution in [0, 0.1) is 0 Å². The molecule has 0 fully saturated rings. The fraction of sp³-hybridized carbons (Fsp3) is 0.125. The largest absolute Gasteiger partial charge is 0.479 e. The third-order valence-electron chi connectivity index (χ3n) is 3.52. The number of fused-ring (bicyclic) bond motifs is 1. The first-order valence-corrected chi connectivity index (χ1v) is 8.04. The first-order chi connectivity index (χ1) is 12.3. The molecule has 0 bridgehead atoms. The predicted molar refractivity (Wildman–Crippen MR) is 97.7 cm³/mol. The van der Waals surface area contributed by atoms with Crippen LogP contribution in [-0.2, 0) is 11.8 Å². The Bertz CT molecular complexity index is 1070. The van der Waals surface area contributed by atoms with Gasteiger partial charge in [0.2, 0.25) is 5.28 Å². The van der Waals surface area contributed by atoms with Gasteiger partial charge < -0.3 is 19.7 Å². The molecule has 0 unspecified atom stereocenters. The van der Waals surface area contributed by atoms with E-state index in [9.17, 15) is 9.59 Å². The van der Waals surface area contributed by atoms with Crippen LogP contribution in [0.15, 0.2) is 35.3 Å². The molecule has 0 saturated carbocycles. The quantitative estimate of drug-likeness (QED) is 0.640. The zero-order valence-electron chi connectivity index (χ0n) is 13.4. The highest BCUT2D eigenvalue weighted by Gasteiger charge is 2.11. The number of aromatic nitrogens is 3. The number of ether oxygens (including phenoxy) is 1. The third kappa shape index (κ3) is 3.71. The van der Waals surface area contributed by atoms with Gasteiger partial charge in [-0.3, -0.25) is 4.79 Å². The molecule has 10 heteroatoms. The zero-order valence-corrected chi connectivity index (χ0v) is 14.9. The Morgan fingerprint density at radius 2 is 2.12 bits per heavy atom. The zero-order chi connectivity index (χ0) is 18.8. The molecule has 2 N–H and O–H groups in total. The minimum atomic E-state index is -1.17. The van der Waals surface area contributed by atoms with Gasteiger partial charge in [-0.05, 0) is 35.9 Å². The van der Waals surface area contributed by atoms with E-state index < -0.39 is 18.1 Å². The van der Waals surface area contributed by atoms with Gasteiger partial charge in [-0.25, -0.2) is 9.78 Å². The van der Waals surface area contributed by atoms with Crippen molar-refractivity contribution in [1.29, 1.82) is 0 Å². The lowest BCUT2D eigenvalue weighted by Crippen LogP contribution is -2.21. The highest BCUT2D eigenvalue weighted by atomic mass is 35.5. The molecule has 0 aliphatic heterocycles. The topological polar surface area (TPSA) is 106 Å². The van der Waals surface area contributed by atoms with Gasteiger partial charge in [0, 0.05) is 18.1 Å². The molecule has 26 heavy (non-hydrogen) atoms. The van der Waals surface area contributed by atoms with Crippen LogP contribution in [0.25, 0.3) is 10.9 Å². The Hall–Kier alpha value is -2.84. The Morgan fingerprint density at radius 1 is 1.35 bits per heavy atom. The van der Waals surface area contributed by atoms with E-state index in [2.05, 4.69) is 15.3 Å². The van der Waals surface area contributed by atoms with Gasteiger partial charge in [-0.2, -0.15) is 4.98 Å². The Labute approximate surface area is 157 Å². The second kappa shape index (κ2) is 7.19. The lowest BCUT2D eigenvalue weighted by atomic mass is 10.2. The van der Waals surface area contributed by atoms with Crippen molar-refractivity contribution in [1.82, 2.24) is 14.5 Å². The SMILES string of the molecule is Cn1c(=O)c(OCC(=O)O)cc2cc(Nc3nc(Cl)ncc3Cl)ccc21. The normalized spacial score (nSPS) is 10.7. The van der Waals surface area contributed by atoms with Gasteiger partial charge in [0.1, 0.15) is 5.02 Å². The van der Waals surface area contributed by atoms with Crippen molar-refractivity contribution in [3.63, 3.8) is 0 Å². The molecule has 134 valence electrons. The highest BCUT2D eigenvalue weighted by Crippen LogP contribution is 2.26. The number of nitrogens with zero attached hydrogens (tertiary/aromatic N) is 3. The number of carboxylic acids is 1. The Morgan fingerprint density at radius 3 is 2.85 bits per heavy atom. The van der Waals surface area contributed by atoms with E-state index in [1.165, 1.54) is 16.8 Å². The summed E-state index contributed by atoms with van der Waals surface area (Å²) < 4.78 is 6.45. The molecule has 2 heterocycles. The summed E-state index contributed by atoms with van der Waals surface area (Å²) in [6.45, 7) is -0.603. The average molecular weight is 395 g/mol.